The Morgan fingerprint density at radius 2 is 2.12 bits per heavy atom. The maximum absolute atomic E-state index is 13.5. The van der Waals surface area contributed by atoms with Crippen molar-refractivity contribution in [3.63, 3.8) is 0 Å². The monoisotopic (exact) mass is 356 g/mol. The molecule has 26 heavy (non-hydrogen) atoms. The smallest absolute Gasteiger partial charge is 0.231 e. The summed E-state index contributed by atoms with van der Waals surface area (Å²) in [5, 5.41) is 9.48. The van der Waals surface area contributed by atoms with E-state index in [1.54, 1.807) is 0 Å². The van der Waals surface area contributed by atoms with Crippen molar-refractivity contribution in [2.24, 2.45) is 11.3 Å². The van der Waals surface area contributed by atoms with Gasteiger partial charge in [0.2, 0.25) is 5.91 Å². The molecule has 1 aromatic heterocycles. The highest BCUT2D eigenvalue weighted by Crippen LogP contribution is 2.45. The number of aryl methyl sites for hydroxylation is 1. The molecule has 4 heterocycles. The summed E-state index contributed by atoms with van der Waals surface area (Å²) < 4.78 is 11.1. The Morgan fingerprint density at radius 1 is 1.31 bits per heavy atom. The Bertz CT molecular complexity index is 741. The summed E-state index contributed by atoms with van der Waals surface area (Å²) in [5.74, 6) is 1.03. The number of ether oxygens (including phenoxy) is 2. The Kier molecular flexibility index (Phi) is 4.55. The zero-order chi connectivity index (χ0) is 18.1. The van der Waals surface area contributed by atoms with Crippen molar-refractivity contribution in [3.8, 4) is 6.07 Å². The SMILES string of the molecule is Cc1ccc(C#N)c(N2CC3COCCC3(C(=O)N3CCOCC3)C2)n1. The second-order valence-electron chi connectivity index (χ2n) is 7.40. The molecule has 3 aliphatic rings. The van der Waals surface area contributed by atoms with Gasteiger partial charge in [-0.25, -0.2) is 4.98 Å². The van der Waals surface area contributed by atoms with Gasteiger partial charge in [0.15, 0.2) is 0 Å². The van der Waals surface area contributed by atoms with E-state index < -0.39 is 5.41 Å². The van der Waals surface area contributed by atoms with Crippen molar-refractivity contribution in [3.05, 3.63) is 23.4 Å². The summed E-state index contributed by atoms with van der Waals surface area (Å²) >= 11 is 0. The lowest BCUT2D eigenvalue weighted by molar-refractivity contribution is -0.154. The van der Waals surface area contributed by atoms with Gasteiger partial charge in [0.1, 0.15) is 11.9 Å². The molecule has 4 rings (SSSR count). The van der Waals surface area contributed by atoms with Crippen LogP contribution in [0.1, 0.15) is 17.7 Å². The molecule has 138 valence electrons. The molecule has 0 spiro atoms. The molecule has 0 bridgehead atoms. The summed E-state index contributed by atoms with van der Waals surface area (Å²) in [4.78, 5) is 22.1. The number of aromatic nitrogens is 1. The quantitative estimate of drug-likeness (QED) is 0.785. The Labute approximate surface area is 153 Å². The lowest BCUT2D eigenvalue weighted by atomic mass is 9.73. The van der Waals surface area contributed by atoms with Crippen LogP contribution in [0.4, 0.5) is 5.82 Å². The molecular weight excluding hydrogens is 332 g/mol. The molecule has 0 radical (unpaired) electrons. The first kappa shape index (κ1) is 17.3. The van der Waals surface area contributed by atoms with Crippen molar-refractivity contribution in [1.29, 1.82) is 5.26 Å². The lowest BCUT2D eigenvalue weighted by Gasteiger charge is -2.41. The topological polar surface area (TPSA) is 78.7 Å². The van der Waals surface area contributed by atoms with Crippen LogP contribution < -0.4 is 4.90 Å². The molecule has 3 fully saturated rings. The maximum Gasteiger partial charge on any atom is 0.231 e. The van der Waals surface area contributed by atoms with E-state index in [1.807, 2.05) is 24.0 Å². The van der Waals surface area contributed by atoms with Gasteiger partial charge in [-0.3, -0.25) is 4.79 Å². The van der Waals surface area contributed by atoms with Crippen molar-refractivity contribution < 1.29 is 14.3 Å². The second-order valence-corrected chi connectivity index (χ2v) is 7.40. The Hall–Kier alpha value is -2.17. The van der Waals surface area contributed by atoms with Crippen LogP contribution in [-0.2, 0) is 14.3 Å². The highest BCUT2D eigenvalue weighted by Gasteiger charge is 2.55. The van der Waals surface area contributed by atoms with Crippen LogP contribution in [0.5, 0.6) is 0 Å². The molecule has 2 unspecified atom stereocenters. The molecule has 1 amide bonds. The molecule has 2 atom stereocenters. The second kappa shape index (κ2) is 6.86. The van der Waals surface area contributed by atoms with Gasteiger partial charge in [0, 0.05) is 44.4 Å². The minimum Gasteiger partial charge on any atom is -0.381 e. The van der Waals surface area contributed by atoms with Crippen molar-refractivity contribution in [2.75, 3.05) is 57.5 Å². The first-order chi connectivity index (χ1) is 12.6. The summed E-state index contributed by atoms with van der Waals surface area (Å²) in [6, 6.07) is 5.90. The molecule has 3 aliphatic heterocycles. The van der Waals surface area contributed by atoms with Gasteiger partial charge in [-0.05, 0) is 25.5 Å². The molecule has 0 N–H and O–H groups in total. The van der Waals surface area contributed by atoms with E-state index in [4.69, 9.17) is 9.47 Å². The average Bonchev–Trinajstić information content (AvgIpc) is 3.09. The number of pyridine rings is 1. The minimum absolute atomic E-state index is 0.125. The lowest BCUT2D eigenvalue weighted by Crippen LogP contribution is -2.54. The molecule has 0 saturated carbocycles. The van der Waals surface area contributed by atoms with E-state index in [2.05, 4.69) is 16.0 Å². The van der Waals surface area contributed by atoms with Crippen molar-refractivity contribution >= 4 is 11.7 Å². The summed E-state index contributed by atoms with van der Waals surface area (Å²) in [6.45, 7) is 6.91. The minimum atomic E-state index is -0.451. The van der Waals surface area contributed by atoms with E-state index >= 15 is 0 Å². The normalized spacial score (nSPS) is 28.5. The standard InChI is InChI=1S/C19H24N4O3/c1-14-2-3-15(10-20)17(21-14)23-11-16-12-26-7-4-19(16,13-23)18(24)22-5-8-25-9-6-22/h2-3,16H,4-9,11-13H2,1H3. The van der Waals surface area contributed by atoms with Crippen LogP contribution in [-0.4, -0.2) is 68.4 Å². The van der Waals surface area contributed by atoms with Crippen LogP contribution in [0.15, 0.2) is 12.1 Å². The third-order valence-electron chi connectivity index (χ3n) is 5.87. The summed E-state index contributed by atoms with van der Waals surface area (Å²) in [5.41, 5.74) is 0.983. The molecule has 0 aromatic carbocycles. The van der Waals surface area contributed by atoms with E-state index in [1.165, 1.54) is 0 Å². The number of carbonyl (C=O) groups is 1. The molecule has 7 heteroatoms. The van der Waals surface area contributed by atoms with Crippen LogP contribution in [0.3, 0.4) is 0 Å². The van der Waals surface area contributed by atoms with E-state index in [-0.39, 0.29) is 11.8 Å². The van der Waals surface area contributed by atoms with Gasteiger partial charge in [-0.15, -0.1) is 0 Å². The number of rotatable bonds is 2. The van der Waals surface area contributed by atoms with Crippen LogP contribution in [0.25, 0.3) is 0 Å². The number of hydrogen-bond donors (Lipinski definition) is 0. The van der Waals surface area contributed by atoms with Crippen LogP contribution in [0.2, 0.25) is 0 Å². The first-order valence-electron chi connectivity index (χ1n) is 9.21. The number of morpholine rings is 1. The number of carbonyl (C=O) groups excluding carboxylic acids is 1. The van der Waals surface area contributed by atoms with Gasteiger partial charge < -0.3 is 19.3 Å². The van der Waals surface area contributed by atoms with Crippen LogP contribution >= 0.6 is 0 Å². The maximum atomic E-state index is 13.5. The number of hydrogen-bond acceptors (Lipinski definition) is 6. The molecular formula is C19H24N4O3. The zero-order valence-electron chi connectivity index (χ0n) is 15.1. The average molecular weight is 356 g/mol. The Morgan fingerprint density at radius 3 is 2.88 bits per heavy atom. The zero-order valence-corrected chi connectivity index (χ0v) is 15.1. The first-order valence-corrected chi connectivity index (χ1v) is 9.21. The fourth-order valence-electron chi connectivity index (χ4n) is 4.41. The van der Waals surface area contributed by atoms with E-state index in [0.717, 1.165) is 12.1 Å². The van der Waals surface area contributed by atoms with E-state index in [0.29, 0.717) is 64.0 Å². The Balaban J connectivity index is 1.65. The van der Waals surface area contributed by atoms with Crippen molar-refractivity contribution in [2.45, 2.75) is 13.3 Å². The highest BCUT2D eigenvalue weighted by atomic mass is 16.5. The number of nitrogens with zero attached hydrogens (tertiary/aromatic N) is 4. The molecule has 0 aliphatic carbocycles. The number of nitriles is 1. The summed E-state index contributed by atoms with van der Waals surface area (Å²) in [6.07, 6.45) is 0.720. The van der Waals surface area contributed by atoms with Gasteiger partial charge in [-0.1, -0.05) is 0 Å². The number of amides is 1. The predicted octanol–water partition coefficient (Wildman–Crippen LogP) is 0.963. The van der Waals surface area contributed by atoms with Crippen LogP contribution in [0, 0.1) is 29.6 Å². The molecule has 3 saturated heterocycles. The van der Waals surface area contributed by atoms with Gasteiger partial charge in [0.25, 0.3) is 0 Å². The fraction of sp³-hybridized carbons (Fsp3) is 0.632. The third kappa shape index (κ3) is 2.83. The van der Waals surface area contributed by atoms with Crippen molar-refractivity contribution in [1.82, 2.24) is 9.88 Å². The van der Waals surface area contributed by atoms with Gasteiger partial charge in [0.05, 0.1) is 30.8 Å². The highest BCUT2D eigenvalue weighted by molar-refractivity contribution is 5.85. The van der Waals surface area contributed by atoms with E-state index in [9.17, 15) is 10.1 Å². The largest absolute Gasteiger partial charge is 0.381 e. The molecule has 7 nitrogen and oxygen atoms in total. The van der Waals surface area contributed by atoms with Gasteiger partial charge >= 0.3 is 0 Å². The number of anilines is 1. The third-order valence-corrected chi connectivity index (χ3v) is 5.87. The molecule has 1 aromatic rings. The van der Waals surface area contributed by atoms with Gasteiger partial charge in [-0.2, -0.15) is 5.26 Å². The number of fused-ring (bicyclic) bond motifs is 1. The summed E-state index contributed by atoms with van der Waals surface area (Å²) in [7, 11) is 0. The fourth-order valence-corrected chi connectivity index (χ4v) is 4.41. The predicted molar refractivity (Wildman–Crippen MR) is 94.7 cm³/mol.